The van der Waals surface area contributed by atoms with Crippen LogP contribution in [0.1, 0.15) is 50.4 Å². The second-order valence-electron chi connectivity index (χ2n) is 6.15. The summed E-state index contributed by atoms with van der Waals surface area (Å²) in [6, 6.07) is 6.58. The maximum Gasteiger partial charge on any atom is 0.251 e. The Hall–Kier alpha value is -1.56. The minimum absolute atomic E-state index is 0.0952. The molecular weight excluding hydrogens is 300 g/mol. The van der Waals surface area contributed by atoms with Gasteiger partial charge in [-0.25, -0.2) is 8.42 Å². The summed E-state index contributed by atoms with van der Waals surface area (Å²) in [4.78, 5) is 12.2. The number of hydrogen-bond donors (Lipinski definition) is 2. The van der Waals surface area contributed by atoms with E-state index >= 15 is 0 Å². The first-order valence-electron chi connectivity index (χ1n) is 7.56. The fourth-order valence-corrected chi connectivity index (χ4v) is 2.70. The van der Waals surface area contributed by atoms with Crippen LogP contribution in [0.25, 0.3) is 0 Å². The maximum atomic E-state index is 12.2. The molecule has 1 rings (SSSR count). The van der Waals surface area contributed by atoms with Gasteiger partial charge in [0.25, 0.3) is 5.91 Å². The number of benzene rings is 1. The second-order valence-corrected chi connectivity index (χ2v) is 7.90. The molecule has 1 aromatic rings. The Morgan fingerprint density at radius 2 is 1.86 bits per heavy atom. The van der Waals surface area contributed by atoms with Gasteiger partial charge in [0.05, 0.1) is 6.26 Å². The lowest BCUT2D eigenvalue weighted by Gasteiger charge is -2.15. The van der Waals surface area contributed by atoms with E-state index in [2.05, 4.69) is 23.9 Å². The van der Waals surface area contributed by atoms with Gasteiger partial charge in [-0.3, -0.25) is 9.52 Å². The van der Waals surface area contributed by atoms with E-state index in [-0.39, 0.29) is 11.9 Å². The van der Waals surface area contributed by atoms with Gasteiger partial charge >= 0.3 is 0 Å². The smallest absolute Gasteiger partial charge is 0.251 e. The molecule has 0 aliphatic carbocycles. The zero-order valence-electron chi connectivity index (χ0n) is 13.7. The molecule has 0 bridgehead atoms. The summed E-state index contributed by atoms with van der Waals surface area (Å²) in [6.07, 6.45) is 4.24. The van der Waals surface area contributed by atoms with Crippen molar-refractivity contribution >= 4 is 21.6 Å². The van der Waals surface area contributed by atoms with Crippen LogP contribution in [0.3, 0.4) is 0 Å². The van der Waals surface area contributed by atoms with E-state index in [0.29, 0.717) is 17.2 Å². The van der Waals surface area contributed by atoms with E-state index in [9.17, 15) is 13.2 Å². The molecule has 0 aliphatic heterocycles. The molecule has 0 unspecified atom stereocenters. The molecule has 1 aromatic carbocycles. The Labute approximate surface area is 133 Å². The third-order valence-electron chi connectivity index (χ3n) is 3.22. The number of rotatable bonds is 8. The lowest BCUT2D eigenvalue weighted by molar-refractivity contribution is 0.0938. The molecule has 0 aliphatic rings. The molecule has 2 N–H and O–H groups in total. The summed E-state index contributed by atoms with van der Waals surface area (Å²) in [5.41, 5.74) is 0.840. The first-order valence-corrected chi connectivity index (χ1v) is 9.45. The van der Waals surface area contributed by atoms with Crippen LogP contribution in [0.5, 0.6) is 0 Å². The monoisotopic (exact) mass is 326 g/mol. The molecule has 22 heavy (non-hydrogen) atoms. The fourth-order valence-electron chi connectivity index (χ4n) is 2.15. The Morgan fingerprint density at radius 3 is 2.45 bits per heavy atom. The number of carbonyl (C=O) groups excluding carboxylic acids is 1. The standard InChI is InChI=1S/C16H26N2O3S/c1-12(2)7-5-8-13(3)17-16(19)14-9-6-10-15(11-14)18-22(4,20)21/h6,9-13,18H,5,7-8H2,1-4H3,(H,17,19)/t13-/m0/s1. The predicted octanol–water partition coefficient (Wildman–Crippen LogP) is 3.00. The molecule has 0 saturated heterocycles. The van der Waals surface area contributed by atoms with Crippen molar-refractivity contribution in [2.24, 2.45) is 5.92 Å². The van der Waals surface area contributed by atoms with Crippen LogP contribution in [-0.4, -0.2) is 26.6 Å². The average molecular weight is 326 g/mol. The van der Waals surface area contributed by atoms with Crippen molar-refractivity contribution in [1.82, 2.24) is 5.32 Å². The van der Waals surface area contributed by atoms with E-state index in [1.807, 2.05) is 6.92 Å². The zero-order chi connectivity index (χ0) is 16.8. The van der Waals surface area contributed by atoms with Crippen molar-refractivity contribution in [3.8, 4) is 0 Å². The number of hydrogen-bond acceptors (Lipinski definition) is 3. The molecule has 0 heterocycles. The van der Waals surface area contributed by atoms with Gasteiger partial charge in [0.15, 0.2) is 0 Å². The van der Waals surface area contributed by atoms with Gasteiger partial charge in [-0.2, -0.15) is 0 Å². The average Bonchev–Trinajstić information content (AvgIpc) is 2.36. The molecule has 0 aromatic heterocycles. The Kier molecular flexibility index (Phi) is 6.87. The molecule has 1 atom stereocenters. The number of nitrogens with one attached hydrogen (secondary N) is 2. The molecular formula is C16H26N2O3S. The maximum absolute atomic E-state index is 12.2. The normalized spacial score (nSPS) is 13.0. The highest BCUT2D eigenvalue weighted by Crippen LogP contribution is 2.13. The summed E-state index contributed by atoms with van der Waals surface area (Å²) in [7, 11) is -3.34. The van der Waals surface area contributed by atoms with Crippen molar-refractivity contribution in [3.05, 3.63) is 29.8 Å². The van der Waals surface area contributed by atoms with Crippen LogP contribution in [-0.2, 0) is 10.0 Å². The van der Waals surface area contributed by atoms with E-state index in [0.717, 1.165) is 25.5 Å². The summed E-state index contributed by atoms with van der Waals surface area (Å²) >= 11 is 0. The zero-order valence-corrected chi connectivity index (χ0v) is 14.5. The van der Waals surface area contributed by atoms with Crippen molar-refractivity contribution in [2.45, 2.75) is 46.1 Å². The largest absolute Gasteiger partial charge is 0.350 e. The van der Waals surface area contributed by atoms with Crippen LogP contribution >= 0.6 is 0 Å². The topological polar surface area (TPSA) is 75.3 Å². The van der Waals surface area contributed by atoms with Crippen molar-refractivity contribution in [2.75, 3.05) is 11.0 Å². The minimum atomic E-state index is -3.34. The van der Waals surface area contributed by atoms with Gasteiger partial charge < -0.3 is 5.32 Å². The molecule has 0 radical (unpaired) electrons. The minimum Gasteiger partial charge on any atom is -0.350 e. The van der Waals surface area contributed by atoms with Crippen LogP contribution in [0, 0.1) is 5.92 Å². The van der Waals surface area contributed by atoms with Crippen molar-refractivity contribution in [3.63, 3.8) is 0 Å². The van der Waals surface area contributed by atoms with Gasteiger partial charge in [-0.15, -0.1) is 0 Å². The van der Waals surface area contributed by atoms with E-state index in [1.54, 1.807) is 18.2 Å². The quantitative estimate of drug-likeness (QED) is 0.771. The first-order chi connectivity index (χ1) is 10.2. The highest BCUT2D eigenvalue weighted by Gasteiger charge is 2.11. The Morgan fingerprint density at radius 1 is 1.18 bits per heavy atom. The fraction of sp³-hybridized carbons (Fsp3) is 0.562. The van der Waals surface area contributed by atoms with Crippen molar-refractivity contribution in [1.29, 1.82) is 0 Å². The van der Waals surface area contributed by atoms with Crippen LogP contribution in [0.4, 0.5) is 5.69 Å². The number of amides is 1. The number of carbonyl (C=O) groups is 1. The van der Waals surface area contributed by atoms with Gasteiger partial charge in [-0.05, 0) is 37.5 Å². The molecule has 1 amide bonds. The van der Waals surface area contributed by atoms with Gasteiger partial charge in [0.2, 0.25) is 10.0 Å². The lowest BCUT2D eigenvalue weighted by Crippen LogP contribution is -2.32. The van der Waals surface area contributed by atoms with Gasteiger partial charge in [0.1, 0.15) is 0 Å². The van der Waals surface area contributed by atoms with Crippen molar-refractivity contribution < 1.29 is 13.2 Å². The lowest BCUT2D eigenvalue weighted by atomic mass is 10.0. The Balaban J connectivity index is 2.60. The Bertz CT molecular complexity index is 597. The predicted molar refractivity (Wildman–Crippen MR) is 90.5 cm³/mol. The summed E-state index contributed by atoms with van der Waals surface area (Å²) in [6.45, 7) is 6.35. The SMILES string of the molecule is CC(C)CCC[C@H](C)NC(=O)c1cccc(NS(C)(=O)=O)c1. The van der Waals surface area contributed by atoms with E-state index in [4.69, 9.17) is 0 Å². The molecule has 0 saturated carbocycles. The van der Waals surface area contributed by atoms with Gasteiger partial charge in [0, 0.05) is 17.3 Å². The van der Waals surface area contributed by atoms with E-state index < -0.39 is 10.0 Å². The third kappa shape index (κ3) is 7.45. The molecule has 6 heteroatoms. The highest BCUT2D eigenvalue weighted by molar-refractivity contribution is 7.92. The molecule has 0 fully saturated rings. The van der Waals surface area contributed by atoms with Crippen LogP contribution < -0.4 is 10.0 Å². The van der Waals surface area contributed by atoms with E-state index in [1.165, 1.54) is 6.07 Å². The summed E-state index contributed by atoms with van der Waals surface area (Å²) < 4.78 is 24.8. The third-order valence-corrected chi connectivity index (χ3v) is 3.83. The summed E-state index contributed by atoms with van der Waals surface area (Å²) in [5.74, 6) is 0.482. The molecule has 5 nitrogen and oxygen atoms in total. The van der Waals surface area contributed by atoms with Crippen LogP contribution in [0.2, 0.25) is 0 Å². The highest BCUT2D eigenvalue weighted by atomic mass is 32.2. The second kappa shape index (κ2) is 8.17. The number of anilines is 1. The number of sulfonamides is 1. The molecule has 124 valence electrons. The van der Waals surface area contributed by atoms with Gasteiger partial charge in [-0.1, -0.05) is 32.8 Å². The summed E-state index contributed by atoms with van der Waals surface area (Å²) in [5, 5.41) is 2.94. The first kappa shape index (κ1) is 18.5. The van der Waals surface area contributed by atoms with Crippen LogP contribution in [0.15, 0.2) is 24.3 Å². The molecule has 0 spiro atoms.